The number of aromatic nitrogens is 5. The van der Waals surface area contributed by atoms with Gasteiger partial charge in [0.2, 0.25) is 5.91 Å². The van der Waals surface area contributed by atoms with E-state index in [9.17, 15) is 9.59 Å². The highest BCUT2D eigenvalue weighted by molar-refractivity contribution is 5.79. The van der Waals surface area contributed by atoms with Crippen molar-refractivity contribution >= 4 is 17.1 Å². The average molecular weight is 338 g/mol. The zero-order valence-electron chi connectivity index (χ0n) is 13.9. The van der Waals surface area contributed by atoms with Crippen LogP contribution in [0.15, 0.2) is 41.8 Å². The molecule has 0 N–H and O–H groups in total. The number of imidazole rings is 1. The Kier molecular flexibility index (Phi) is 3.79. The summed E-state index contributed by atoms with van der Waals surface area (Å²) in [6.45, 7) is 1.15. The van der Waals surface area contributed by atoms with Crippen molar-refractivity contribution < 1.29 is 4.79 Å². The number of fused-ring (bicyclic) bond motifs is 1. The van der Waals surface area contributed by atoms with Gasteiger partial charge in [-0.2, -0.15) is 0 Å². The Morgan fingerprint density at radius 1 is 1.32 bits per heavy atom. The van der Waals surface area contributed by atoms with Gasteiger partial charge in [-0.1, -0.05) is 6.07 Å². The minimum atomic E-state index is -0.123. The second-order valence-electron chi connectivity index (χ2n) is 6.26. The molecule has 1 aliphatic rings. The van der Waals surface area contributed by atoms with E-state index in [2.05, 4.69) is 15.0 Å². The summed E-state index contributed by atoms with van der Waals surface area (Å²) in [5.41, 5.74) is 2.09. The normalized spacial score (nSPS) is 17.3. The molecule has 1 saturated heterocycles. The molecule has 0 bridgehead atoms. The van der Waals surface area contributed by atoms with Gasteiger partial charge < -0.3 is 4.90 Å². The van der Waals surface area contributed by atoms with Crippen molar-refractivity contribution in [3.05, 3.63) is 53.1 Å². The summed E-state index contributed by atoms with van der Waals surface area (Å²) in [7, 11) is 1.71. The molecule has 4 heterocycles. The van der Waals surface area contributed by atoms with Crippen molar-refractivity contribution in [3.63, 3.8) is 0 Å². The second kappa shape index (κ2) is 6.12. The number of likely N-dealkylation sites (tertiary alicyclic amines) is 1. The van der Waals surface area contributed by atoms with E-state index in [1.54, 1.807) is 34.8 Å². The smallest absolute Gasteiger partial charge is 0.330 e. The predicted octanol–water partition coefficient (Wildman–Crippen LogP) is 0.541. The summed E-state index contributed by atoms with van der Waals surface area (Å²) in [6, 6.07) is 3.65. The lowest BCUT2D eigenvalue weighted by atomic mass is 10.2. The molecule has 0 aromatic carbocycles. The molecular formula is C17H18N6O2. The molecule has 128 valence electrons. The summed E-state index contributed by atoms with van der Waals surface area (Å²) in [5.74, 6) is 0.0541. The summed E-state index contributed by atoms with van der Waals surface area (Å²) >= 11 is 0. The minimum absolute atomic E-state index is 0.0541. The van der Waals surface area contributed by atoms with Crippen LogP contribution in [0, 0.1) is 0 Å². The van der Waals surface area contributed by atoms with E-state index in [4.69, 9.17) is 0 Å². The Bertz CT molecular complexity index is 978. The Hall–Kier alpha value is -3.03. The number of hydrogen-bond donors (Lipinski definition) is 0. The van der Waals surface area contributed by atoms with Crippen LogP contribution in [0.25, 0.3) is 11.2 Å². The molecule has 0 saturated carbocycles. The second-order valence-corrected chi connectivity index (χ2v) is 6.26. The first kappa shape index (κ1) is 15.5. The van der Waals surface area contributed by atoms with Gasteiger partial charge in [0.1, 0.15) is 11.8 Å². The highest BCUT2D eigenvalue weighted by Crippen LogP contribution is 2.24. The number of carbonyl (C=O) groups excluding carboxylic acids is 1. The third-order valence-electron chi connectivity index (χ3n) is 4.71. The van der Waals surface area contributed by atoms with Gasteiger partial charge in [0.15, 0.2) is 5.65 Å². The van der Waals surface area contributed by atoms with Gasteiger partial charge in [0.25, 0.3) is 0 Å². The molecule has 1 aliphatic heterocycles. The van der Waals surface area contributed by atoms with Gasteiger partial charge >= 0.3 is 5.69 Å². The predicted molar refractivity (Wildman–Crippen MR) is 90.9 cm³/mol. The standard InChI is InChI=1S/C17H18N6O2/c1-21-14-9-19-11-20-16(14)23(17(21)25)13-4-6-22(10-13)15(24)7-12-3-2-5-18-8-12/h2-3,5,8-9,11,13H,4,6-7,10H2,1H3/t13-/m0/s1. The van der Waals surface area contributed by atoms with Gasteiger partial charge in [-0.25, -0.2) is 14.8 Å². The van der Waals surface area contributed by atoms with Gasteiger partial charge in [-0.05, 0) is 18.1 Å². The number of amides is 1. The van der Waals surface area contributed by atoms with Crippen molar-refractivity contribution in [3.8, 4) is 0 Å². The molecule has 4 rings (SSSR count). The van der Waals surface area contributed by atoms with E-state index in [0.717, 1.165) is 12.0 Å². The lowest BCUT2D eigenvalue weighted by molar-refractivity contribution is -0.129. The first-order valence-corrected chi connectivity index (χ1v) is 8.19. The first-order chi connectivity index (χ1) is 12.1. The zero-order valence-corrected chi connectivity index (χ0v) is 13.9. The van der Waals surface area contributed by atoms with E-state index in [1.165, 1.54) is 6.33 Å². The Balaban J connectivity index is 1.56. The molecule has 0 radical (unpaired) electrons. The van der Waals surface area contributed by atoms with Crippen LogP contribution in [-0.2, 0) is 18.3 Å². The minimum Gasteiger partial charge on any atom is -0.340 e. The van der Waals surface area contributed by atoms with Crippen molar-refractivity contribution in [2.24, 2.45) is 7.05 Å². The number of aryl methyl sites for hydroxylation is 1. The molecule has 1 fully saturated rings. The number of rotatable bonds is 3. The molecule has 1 atom stereocenters. The lowest BCUT2D eigenvalue weighted by Crippen LogP contribution is -2.32. The molecule has 3 aromatic heterocycles. The quantitative estimate of drug-likeness (QED) is 0.696. The zero-order chi connectivity index (χ0) is 17.4. The Morgan fingerprint density at radius 2 is 2.20 bits per heavy atom. The van der Waals surface area contributed by atoms with E-state index in [1.807, 2.05) is 17.0 Å². The number of pyridine rings is 1. The fourth-order valence-electron chi connectivity index (χ4n) is 3.39. The van der Waals surface area contributed by atoms with E-state index in [-0.39, 0.29) is 17.6 Å². The van der Waals surface area contributed by atoms with Crippen LogP contribution >= 0.6 is 0 Å². The van der Waals surface area contributed by atoms with Crippen LogP contribution in [0.2, 0.25) is 0 Å². The SMILES string of the molecule is Cn1c(=O)n([C@H]2CCN(C(=O)Cc3cccnc3)C2)c2ncncc21. The molecular weight excluding hydrogens is 320 g/mol. The van der Waals surface area contributed by atoms with Crippen LogP contribution in [0.3, 0.4) is 0 Å². The molecule has 8 nitrogen and oxygen atoms in total. The van der Waals surface area contributed by atoms with Gasteiger partial charge in [-0.3, -0.25) is 18.9 Å². The molecule has 25 heavy (non-hydrogen) atoms. The fraction of sp³-hybridized carbons (Fsp3) is 0.353. The molecule has 0 aliphatic carbocycles. The first-order valence-electron chi connectivity index (χ1n) is 8.19. The summed E-state index contributed by atoms with van der Waals surface area (Å²) in [6.07, 6.45) is 7.54. The summed E-state index contributed by atoms with van der Waals surface area (Å²) < 4.78 is 3.24. The molecule has 0 spiro atoms. The van der Waals surface area contributed by atoms with Gasteiger partial charge in [0, 0.05) is 32.5 Å². The molecule has 1 amide bonds. The van der Waals surface area contributed by atoms with E-state index >= 15 is 0 Å². The number of hydrogen-bond acceptors (Lipinski definition) is 5. The van der Waals surface area contributed by atoms with Gasteiger partial charge in [0.05, 0.1) is 18.7 Å². The largest absolute Gasteiger partial charge is 0.340 e. The topological polar surface area (TPSA) is 85.9 Å². The number of nitrogens with zero attached hydrogens (tertiary/aromatic N) is 6. The maximum Gasteiger partial charge on any atom is 0.330 e. The summed E-state index contributed by atoms with van der Waals surface area (Å²) in [5, 5.41) is 0. The molecule has 0 unspecified atom stereocenters. The maximum absolute atomic E-state index is 12.6. The third-order valence-corrected chi connectivity index (χ3v) is 4.71. The highest BCUT2D eigenvalue weighted by atomic mass is 16.2. The Morgan fingerprint density at radius 3 is 3.00 bits per heavy atom. The van der Waals surface area contributed by atoms with Crippen LogP contribution in [0.5, 0.6) is 0 Å². The third kappa shape index (κ3) is 2.69. The van der Waals surface area contributed by atoms with Crippen molar-refractivity contribution in [1.29, 1.82) is 0 Å². The van der Waals surface area contributed by atoms with Crippen LogP contribution in [0.4, 0.5) is 0 Å². The Labute approximate surface area is 143 Å². The van der Waals surface area contributed by atoms with Crippen molar-refractivity contribution in [2.75, 3.05) is 13.1 Å². The van der Waals surface area contributed by atoms with Crippen LogP contribution in [-0.4, -0.2) is 48.0 Å². The monoisotopic (exact) mass is 338 g/mol. The van der Waals surface area contributed by atoms with Crippen LogP contribution < -0.4 is 5.69 Å². The molecule has 8 heteroatoms. The maximum atomic E-state index is 12.6. The van der Waals surface area contributed by atoms with Crippen molar-refractivity contribution in [2.45, 2.75) is 18.9 Å². The lowest BCUT2D eigenvalue weighted by Gasteiger charge is -2.17. The van der Waals surface area contributed by atoms with Gasteiger partial charge in [-0.15, -0.1) is 0 Å². The molecule has 3 aromatic rings. The average Bonchev–Trinajstić information content (AvgIpc) is 3.20. The summed E-state index contributed by atoms with van der Waals surface area (Å²) in [4.78, 5) is 39.2. The van der Waals surface area contributed by atoms with E-state index in [0.29, 0.717) is 30.7 Å². The van der Waals surface area contributed by atoms with Crippen molar-refractivity contribution in [1.82, 2.24) is 29.0 Å². The number of carbonyl (C=O) groups is 1. The fourth-order valence-corrected chi connectivity index (χ4v) is 3.39. The van der Waals surface area contributed by atoms with Crippen LogP contribution in [0.1, 0.15) is 18.0 Å². The highest BCUT2D eigenvalue weighted by Gasteiger charge is 2.30. The van der Waals surface area contributed by atoms with E-state index < -0.39 is 0 Å².